The third-order valence-corrected chi connectivity index (χ3v) is 3.66. The van der Waals surface area contributed by atoms with Crippen LogP contribution >= 0.6 is 0 Å². The number of para-hydroxylation sites is 1. The van der Waals surface area contributed by atoms with Gasteiger partial charge in [-0.2, -0.15) is 0 Å². The van der Waals surface area contributed by atoms with Gasteiger partial charge in [-0.25, -0.2) is 4.79 Å². The Morgan fingerprint density at radius 1 is 0.962 bits per heavy atom. The van der Waals surface area contributed by atoms with Crippen LogP contribution in [0.15, 0.2) is 76.8 Å². The van der Waals surface area contributed by atoms with Gasteiger partial charge in [0.2, 0.25) is 0 Å². The molecule has 0 atom stereocenters. The van der Waals surface area contributed by atoms with Gasteiger partial charge in [-0.15, -0.1) is 0 Å². The Hall–Kier alpha value is -3.80. The number of furan rings is 1. The van der Waals surface area contributed by atoms with E-state index in [0.29, 0.717) is 11.5 Å². The van der Waals surface area contributed by atoms with Crippen LogP contribution in [0.3, 0.4) is 0 Å². The summed E-state index contributed by atoms with van der Waals surface area (Å²) in [5, 5.41) is 11.7. The molecule has 0 saturated carbocycles. The molecule has 26 heavy (non-hydrogen) atoms. The minimum atomic E-state index is -1.29. The Morgan fingerprint density at radius 3 is 2.35 bits per heavy atom. The van der Waals surface area contributed by atoms with Crippen molar-refractivity contribution < 1.29 is 19.1 Å². The van der Waals surface area contributed by atoms with Gasteiger partial charge in [0.25, 0.3) is 5.91 Å². The molecule has 6 heteroatoms. The number of hydrogen-bond donors (Lipinski definition) is 3. The molecule has 0 fully saturated rings. The Labute approximate surface area is 149 Å². The van der Waals surface area contributed by atoms with E-state index in [2.05, 4.69) is 5.32 Å². The second kappa shape index (κ2) is 7.40. The smallest absolute Gasteiger partial charge is 0.352 e. The van der Waals surface area contributed by atoms with E-state index in [0.717, 1.165) is 5.56 Å². The molecule has 0 aliphatic heterocycles. The number of carbonyl (C=O) groups is 2. The maximum atomic E-state index is 12.3. The first-order chi connectivity index (χ1) is 12.5. The number of carbonyl (C=O) groups excluding carboxylic acids is 1. The summed E-state index contributed by atoms with van der Waals surface area (Å²) in [4.78, 5) is 23.7. The van der Waals surface area contributed by atoms with Crippen molar-refractivity contribution >= 4 is 23.6 Å². The van der Waals surface area contributed by atoms with Crippen LogP contribution in [0.1, 0.15) is 16.1 Å². The predicted octanol–water partition coefficient (Wildman–Crippen LogP) is 3.38. The van der Waals surface area contributed by atoms with Gasteiger partial charge < -0.3 is 20.6 Å². The fourth-order valence-corrected chi connectivity index (χ4v) is 2.37. The van der Waals surface area contributed by atoms with Crippen LogP contribution < -0.4 is 11.1 Å². The Balaban J connectivity index is 1.84. The first-order valence-corrected chi connectivity index (χ1v) is 7.80. The van der Waals surface area contributed by atoms with E-state index in [1.165, 1.54) is 12.1 Å². The summed E-state index contributed by atoms with van der Waals surface area (Å²) in [6, 6.07) is 19.2. The molecular weight excluding hydrogens is 332 g/mol. The van der Waals surface area contributed by atoms with Crippen molar-refractivity contribution in [3.05, 3.63) is 83.8 Å². The third-order valence-electron chi connectivity index (χ3n) is 3.66. The van der Waals surface area contributed by atoms with Crippen molar-refractivity contribution in [1.82, 2.24) is 5.32 Å². The Bertz CT molecular complexity index is 974. The molecule has 1 heterocycles. The van der Waals surface area contributed by atoms with Crippen molar-refractivity contribution in [1.29, 1.82) is 0 Å². The first-order valence-electron chi connectivity index (χ1n) is 7.80. The molecule has 0 saturated heterocycles. The summed E-state index contributed by atoms with van der Waals surface area (Å²) in [6.07, 6.45) is 1.26. The van der Waals surface area contributed by atoms with Gasteiger partial charge in [0, 0.05) is 17.3 Å². The highest BCUT2D eigenvalue weighted by atomic mass is 16.4. The van der Waals surface area contributed by atoms with E-state index in [1.807, 2.05) is 30.3 Å². The summed E-state index contributed by atoms with van der Waals surface area (Å²) < 4.78 is 5.65. The number of nitrogens with one attached hydrogen (secondary N) is 1. The van der Waals surface area contributed by atoms with E-state index >= 15 is 0 Å². The molecule has 0 radical (unpaired) electrons. The second-order valence-corrected chi connectivity index (χ2v) is 5.47. The van der Waals surface area contributed by atoms with Gasteiger partial charge in [-0.1, -0.05) is 42.5 Å². The number of rotatable bonds is 5. The normalized spacial score (nSPS) is 11.2. The predicted molar refractivity (Wildman–Crippen MR) is 98.1 cm³/mol. The summed E-state index contributed by atoms with van der Waals surface area (Å²) >= 11 is 0. The molecule has 2 aromatic carbocycles. The molecular formula is C20H16N2O4. The highest BCUT2D eigenvalue weighted by Crippen LogP contribution is 2.23. The number of carboxylic acid groups (broad SMARTS) is 1. The fourth-order valence-electron chi connectivity index (χ4n) is 2.37. The molecule has 0 aliphatic rings. The number of nitrogen functional groups attached to an aromatic ring is 1. The summed E-state index contributed by atoms with van der Waals surface area (Å²) in [7, 11) is 0. The standard InChI is InChI=1S/C20H16N2O4/c21-16-9-5-4-8-15(16)19(23)22-17(20(24)25)12-14-10-11-18(26-14)13-6-2-1-3-7-13/h1-12H,21H2,(H,22,23)(H,24,25). The SMILES string of the molecule is Nc1ccccc1C(=O)NC(=Cc1ccc(-c2ccccc2)o1)C(=O)O. The molecule has 0 unspecified atom stereocenters. The third kappa shape index (κ3) is 3.81. The summed E-state index contributed by atoms with van der Waals surface area (Å²) in [5.74, 6) is -0.986. The Morgan fingerprint density at radius 2 is 1.65 bits per heavy atom. The molecule has 1 aromatic heterocycles. The van der Waals surface area contributed by atoms with Crippen LogP contribution in [0.4, 0.5) is 5.69 Å². The minimum Gasteiger partial charge on any atom is -0.477 e. The molecule has 3 rings (SSSR count). The number of anilines is 1. The largest absolute Gasteiger partial charge is 0.477 e. The van der Waals surface area contributed by atoms with Crippen molar-refractivity contribution in [2.24, 2.45) is 0 Å². The number of aliphatic carboxylic acids is 1. The van der Waals surface area contributed by atoms with Crippen LogP contribution in [0.5, 0.6) is 0 Å². The second-order valence-electron chi connectivity index (χ2n) is 5.47. The number of amides is 1. The van der Waals surface area contributed by atoms with Gasteiger partial charge in [-0.3, -0.25) is 4.79 Å². The molecule has 3 aromatic rings. The average Bonchev–Trinajstić information content (AvgIpc) is 3.11. The zero-order valence-corrected chi connectivity index (χ0v) is 13.7. The molecule has 0 bridgehead atoms. The lowest BCUT2D eigenvalue weighted by atomic mass is 10.1. The highest BCUT2D eigenvalue weighted by Gasteiger charge is 2.16. The summed E-state index contributed by atoms with van der Waals surface area (Å²) in [6.45, 7) is 0. The fraction of sp³-hybridized carbons (Fsp3) is 0. The van der Waals surface area contributed by atoms with Gasteiger partial charge in [-0.05, 0) is 24.3 Å². The number of carboxylic acids is 1. The molecule has 0 spiro atoms. The lowest BCUT2D eigenvalue weighted by Gasteiger charge is -2.07. The molecule has 6 nitrogen and oxygen atoms in total. The minimum absolute atomic E-state index is 0.198. The average molecular weight is 348 g/mol. The Kier molecular flexibility index (Phi) is 4.85. The van der Waals surface area contributed by atoms with Gasteiger partial charge in [0.15, 0.2) is 0 Å². The quantitative estimate of drug-likeness (QED) is 0.484. The van der Waals surface area contributed by atoms with Crippen LogP contribution in [-0.4, -0.2) is 17.0 Å². The highest BCUT2D eigenvalue weighted by molar-refractivity contribution is 6.05. The van der Waals surface area contributed by atoms with Crippen molar-refractivity contribution in [3.8, 4) is 11.3 Å². The van der Waals surface area contributed by atoms with Crippen LogP contribution in [0, 0.1) is 0 Å². The lowest BCUT2D eigenvalue weighted by Crippen LogP contribution is -2.27. The van der Waals surface area contributed by atoms with Crippen molar-refractivity contribution in [2.75, 3.05) is 5.73 Å². The van der Waals surface area contributed by atoms with E-state index < -0.39 is 11.9 Å². The lowest BCUT2D eigenvalue weighted by molar-refractivity contribution is -0.132. The maximum absolute atomic E-state index is 12.3. The topological polar surface area (TPSA) is 106 Å². The maximum Gasteiger partial charge on any atom is 0.352 e. The molecule has 0 aliphatic carbocycles. The van der Waals surface area contributed by atoms with E-state index in [4.69, 9.17) is 10.2 Å². The van der Waals surface area contributed by atoms with Crippen LogP contribution in [0.25, 0.3) is 17.4 Å². The number of nitrogens with two attached hydrogens (primary N) is 1. The van der Waals surface area contributed by atoms with E-state index in [9.17, 15) is 14.7 Å². The zero-order valence-electron chi connectivity index (χ0n) is 13.7. The first kappa shape index (κ1) is 17.0. The zero-order chi connectivity index (χ0) is 18.5. The van der Waals surface area contributed by atoms with Gasteiger partial charge in [0.1, 0.15) is 17.2 Å². The number of benzene rings is 2. The van der Waals surface area contributed by atoms with E-state index in [1.54, 1.807) is 30.3 Å². The monoisotopic (exact) mass is 348 g/mol. The summed E-state index contributed by atoms with van der Waals surface area (Å²) in [5.41, 5.74) is 6.76. The van der Waals surface area contributed by atoms with Gasteiger partial charge >= 0.3 is 5.97 Å². The van der Waals surface area contributed by atoms with Gasteiger partial charge in [0.05, 0.1) is 5.56 Å². The molecule has 4 N–H and O–H groups in total. The molecule has 1 amide bonds. The van der Waals surface area contributed by atoms with E-state index in [-0.39, 0.29) is 16.9 Å². The van der Waals surface area contributed by atoms with Crippen LogP contribution in [-0.2, 0) is 4.79 Å². The van der Waals surface area contributed by atoms with Crippen LogP contribution in [0.2, 0.25) is 0 Å². The van der Waals surface area contributed by atoms with Crippen molar-refractivity contribution in [2.45, 2.75) is 0 Å². The number of hydrogen-bond acceptors (Lipinski definition) is 4. The van der Waals surface area contributed by atoms with Crippen molar-refractivity contribution in [3.63, 3.8) is 0 Å². The molecule has 130 valence electrons.